The van der Waals surface area contributed by atoms with E-state index in [9.17, 15) is 0 Å². The van der Waals surface area contributed by atoms with E-state index >= 15 is 0 Å². The van der Waals surface area contributed by atoms with Gasteiger partial charge in [0, 0.05) is 25.4 Å². The Morgan fingerprint density at radius 3 is 3.00 bits per heavy atom. The molecule has 1 aliphatic rings. The molecule has 1 aliphatic carbocycles. The van der Waals surface area contributed by atoms with Crippen LogP contribution in [0.1, 0.15) is 37.2 Å². The van der Waals surface area contributed by atoms with Crippen molar-refractivity contribution in [2.45, 2.75) is 38.1 Å². The van der Waals surface area contributed by atoms with Crippen LogP contribution in [0.25, 0.3) is 11.5 Å². The van der Waals surface area contributed by atoms with Gasteiger partial charge in [0.15, 0.2) is 5.82 Å². The summed E-state index contributed by atoms with van der Waals surface area (Å²) in [6, 6.07) is 0.335. The molecule has 0 spiro atoms. The molecule has 0 bridgehead atoms. The number of nitrogens with one attached hydrogen (secondary N) is 1. The molecule has 2 heterocycles. The lowest BCUT2D eigenvalue weighted by atomic mass is 10.2. The highest BCUT2D eigenvalue weighted by Gasteiger charge is 2.31. The van der Waals surface area contributed by atoms with Gasteiger partial charge in [-0.1, -0.05) is 5.16 Å². The Bertz CT molecular complexity index is 569. The van der Waals surface area contributed by atoms with Gasteiger partial charge >= 0.3 is 0 Å². The highest BCUT2D eigenvalue weighted by atomic mass is 16.5. The van der Waals surface area contributed by atoms with Gasteiger partial charge in [-0.05, 0) is 26.8 Å². The van der Waals surface area contributed by atoms with Crippen molar-refractivity contribution >= 4 is 0 Å². The first kappa shape index (κ1) is 12.3. The van der Waals surface area contributed by atoms with Gasteiger partial charge in [0.05, 0.1) is 17.5 Å². The summed E-state index contributed by atoms with van der Waals surface area (Å²) >= 11 is 0. The van der Waals surface area contributed by atoms with Gasteiger partial charge in [0.2, 0.25) is 0 Å². The smallest absolute Gasteiger partial charge is 0.261 e. The predicted octanol–water partition coefficient (Wildman–Crippen LogP) is 1.50. The maximum absolute atomic E-state index is 5.39. The Labute approximate surface area is 112 Å². The molecule has 6 heteroatoms. The van der Waals surface area contributed by atoms with Crippen LogP contribution in [0.15, 0.2) is 10.7 Å². The van der Waals surface area contributed by atoms with E-state index in [2.05, 4.69) is 27.5 Å². The fourth-order valence-electron chi connectivity index (χ4n) is 2.27. The van der Waals surface area contributed by atoms with E-state index in [1.54, 1.807) is 0 Å². The van der Waals surface area contributed by atoms with Crippen molar-refractivity contribution in [1.82, 2.24) is 25.2 Å². The van der Waals surface area contributed by atoms with Crippen LogP contribution < -0.4 is 5.32 Å². The van der Waals surface area contributed by atoms with Crippen LogP contribution in [0, 0.1) is 0 Å². The van der Waals surface area contributed by atoms with Crippen LogP contribution >= 0.6 is 0 Å². The summed E-state index contributed by atoms with van der Waals surface area (Å²) < 4.78 is 7.31. The molecule has 19 heavy (non-hydrogen) atoms. The third kappa shape index (κ3) is 2.40. The largest absolute Gasteiger partial charge is 0.334 e. The fourth-order valence-corrected chi connectivity index (χ4v) is 2.27. The monoisotopic (exact) mass is 261 g/mol. The molecule has 2 aromatic rings. The molecule has 3 rings (SSSR count). The van der Waals surface area contributed by atoms with Crippen LogP contribution in [0.3, 0.4) is 0 Å². The number of hydrogen-bond donors (Lipinski definition) is 1. The van der Waals surface area contributed by atoms with Crippen molar-refractivity contribution in [2.75, 3.05) is 7.05 Å². The third-order valence-corrected chi connectivity index (χ3v) is 3.63. The first-order chi connectivity index (χ1) is 9.19. The van der Waals surface area contributed by atoms with Crippen LogP contribution in [-0.4, -0.2) is 33.0 Å². The van der Waals surface area contributed by atoms with Crippen LogP contribution in [-0.2, 0) is 13.5 Å². The number of nitrogens with zero attached hydrogens (tertiary/aromatic N) is 4. The molecule has 1 unspecified atom stereocenters. The predicted molar refractivity (Wildman–Crippen MR) is 70.7 cm³/mol. The zero-order valence-corrected chi connectivity index (χ0v) is 11.6. The lowest BCUT2D eigenvalue weighted by molar-refractivity contribution is 0.418. The molecule has 0 saturated heterocycles. The Balaban J connectivity index is 1.86. The van der Waals surface area contributed by atoms with E-state index < -0.39 is 0 Å². The lowest BCUT2D eigenvalue weighted by Crippen LogP contribution is -2.24. The molecular formula is C13H19N5O. The highest BCUT2D eigenvalue weighted by molar-refractivity contribution is 5.57. The van der Waals surface area contributed by atoms with E-state index in [-0.39, 0.29) is 0 Å². The Morgan fingerprint density at radius 2 is 2.32 bits per heavy atom. The molecule has 0 amide bonds. The fraction of sp³-hybridized carbons (Fsp3) is 0.615. The summed E-state index contributed by atoms with van der Waals surface area (Å²) in [5, 5.41) is 11.5. The maximum Gasteiger partial charge on any atom is 0.261 e. The molecule has 1 atom stereocenters. The summed E-state index contributed by atoms with van der Waals surface area (Å²) in [4.78, 5) is 4.48. The van der Waals surface area contributed by atoms with Crippen molar-refractivity contribution in [3.63, 3.8) is 0 Å². The summed E-state index contributed by atoms with van der Waals surface area (Å²) in [6.07, 6.45) is 5.04. The van der Waals surface area contributed by atoms with Gasteiger partial charge in [-0.25, -0.2) is 0 Å². The van der Waals surface area contributed by atoms with Gasteiger partial charge in [-0.3, -0.25) is 4.68 Å². The van der Waals surface area contributed by atoms with Crippen molar-refractivity contribution in [3.8, 4) is 11.5 Å². The van der Waals surface area contributed by atoms with Gasteiger partial charge in [-0.2, -0.15) is 10.1 Å². The second kappa shape index (κ2) is 4.77. The van der Waals surface area contributed by atoms with Gasteiger partial charge in [-0.15, -0.1) is 0 Å². The third-order valence-electron chi connectivity index (χ3n) is 3.63. The minimum absolute atomic E-state index is 0.335. The lowest BCUT2D eigenvalue weighted by Gasteiger charge is -2.04. The zero-order chi connectivity index (χ0) is 13.4. The number of aryl methyl sites for hydroxylation is 1. The molecule has 1 N–H and O–H groups in total. The topological polar surface area (TPSA) is 68.8 Å². The normalized spacial score (nSPS) is 16.8. The molecule has 0 aromatic carbocycles. The zero-order valence-electron chi connectivity index (χ0n) is 11.6. The van der Waals surface area contributed by atoms with Gasteiger partial charge in [0.1, 0.15) is 0 Å². The molecule has 0 aliphatic heterocycles. The molecule has 6 nitrogen and oxygen atoms in total. The average Bonchev–Trinajstić information content (AvgIpc) is 3.01. The Morgan fingerprint density at radius 1 is 1.53 bits per heavy atom. The van der Waals surface area contributed by atoms with Crippen molar-refractivity contribution < 1.29 is 4.52 Å². The Hall–Kier alpha value is -1.69. The van der Waals surface area contributed by atoms with Crippen LogP contribution in [0.4, 0.5) is 0 Å². The molecule has 1 fully saturated rings. The first-order valence-corrected chi connectivity index (χ1v) is 6.71. The summed E-state index contributed by atoms with van der Waals surface area (Å²) in [5.74, 6) is 1.94. The standard InChI is InChI=1S/C13H19N5O/c1-8(14-2)6-11-16-13(19-17-11)10-7-15-18(3)12(10)9-4-5-9/h7-9,14H,4-6H2,1-3H3. The van der Waals surface area contributed by atoms with Gasteiger partial charge < -0.3 is 9.84 Å². The second-order valence-corrected chi connectivity index (χ2v) is 5.25. The quantitative estimate of drug-likeness (QED) is 0.883. The second-order valence-electron chi connectivity index (χ2n) is 5.25. The molecule has 102 valence electrons. The van der Waals surface area contributed by atoms with E-state index in [0.717, 1.165) is 17.8 Å². The molecule has 2 aromatic heterocycles. The van der Waals surface area contributed by atoms with Crippen molar-refractivity contribution in [1.29, 1.82) is 0 Å². The van der Waals surface area contributed by atoms with Crippen molar-refractivity contribution in [3.05, 3.63) is 17.7 Å². The molecule has 0 radical (unpaired) electrons. The average molecular weight is 261 g/mol. The SMILES string of the molecule is CNC(C)Cc1noc(-c2cnn(C)c2C2CC2)n1. The summed E-state index contributed by atoms with van der Waals surface area (Å²) in [5.41, 5.74) is 2.21. The minimum Gasteiger partial charge on any atom is -0.334 e. The van der Waals surface area contributed by atoms with Crippen molar-refractivity contribution in [2.24, 2.45) is 7.05 Å². The van der Waals surface area contributed by atoms with E-state index in [1.165, 1.54) is 18.5 Å². The maximum atomic E-state index is 5.39. The Kier molecular flexibility index (Phi) is 3.10. The number of likely N-dealkylation sites (N-methyl/N-ethyl adjacent to an activating group) is 1. The van der Waals surface area contributed by atoms with E-state index in [4.69, 9.17) is 4.52 Å². The molecule has 1 saturated carbocycles. The van der Waals surface area contributed by atoms with Gasteiger partial charge in [0.25, 0.3) is 5.89 Å². The summed E-state index contributed by atoms with van der Waals surface area (Å²) in [7, 11) is 3.90. The number of aromatic nitrogens is 4. The highest BCUT2D eigenvalue weighted by Crippen LogP contribution is 2.43. The summed E-state index contributed by atoms with van der Waals surface area (Å²) in [6.45, 7) is 2.09. The molecular weight excluding hydrogens is 242 g/mol. The van der Waals surface area contributed by atoms with E-state index in [1.807, 2.05) is 25.0 Å². The van der Waals surface area contributed by atoms with Crippen LogP contribution in [0.5, 0.6) is 0 Å². The minimum atomic E-state index is 0.335. The first-order valence-electron chi connectivity index (χ1n) is 6.71. The number of rotatable bonds is 5. The number of hydrogen-bond acceptors (Lipinski definition) is 5. The van der Waals surface area contributed by atoms with E-state index in [0.29, 0.717) is 17.9 Å². The van der Waals surface area contributed by atoms with Crippen LogP contribution in [0.2, 0.25) is 0 Å².